The first-order valence-corrected chi connectivity index (χ1v) is 12.4. The van der Waals surface area contributed by atoms with Gasteiger partial charge in [-0.25, -0.2) is 0 Å². The predicted octanol–water partition coefficient (Wildman–Crippen LogP) is 4.34. The van der Waals surface area contributed by atoms with E-state index in [9.17, 15) is 4.79 Å². The molecular weight excluding hydrogens is 444 g/mol. The van der Waals surface area contributed by atoms with Crippen molar-refractivity contribution in [1.29, 1.82) is 0 Å². The van der Waals surface area contributed by atoms with E-state index < -0.39 is 0 Å². The van der Waals surface area contributed by atoms with Crippen LogP contribution in [0.5, 0.6) is 11.5 Å². The number of piperidine rings is 1. The molecule has 0 aliphatic carbocycles. The monoisotopic (exact) mass is 476 g/mol. The number of carbonyl (C=O) groups is 1. The maximum Gasteiger partial charge on any atom is 0.239 e. The van der Waals surface area contributed by atoms with E-state index in [2.05, 4.69) is 27.6 Å². The quantitative estimate of drug-likeness (QED) is 0.542. The smallest absolute Gasteiger partial charge is 0.239 e. The number of hydrogen-bond donors (Lipinski definition) is 1. The van der Waals surface area contributed by atoms with E-state index in [1.807, 2.05) is 48.2 Å². The van der Waals surface area contributed by atoms with E-state index in [4.69, 9.17) is 14.0 Å². The van der Waals surface area contributed by atoms with Crippen molar-refractivity contribution < 1.29 is 18.8 Å². The van der Waals surface area contributed by atoms with Crippen molar-refractivity contribution in [3.05, 3.63) is 60.0 Å². The summed E-state index contributed by atoms with van der Waals surface area (Å²) in [7, 11) is 1.61. The molecule has 0 bridgehead atoms. The third-order valence-electron chi connectivity index (χ3n) is 6.97. The van der Waals surface area contributed by atoms with Gasteiger partial charge in [-0.1, -0.05) is 35.5 Å². The van der Waals surface area contributed by atoms with Gasteiger partial charge >= 0.3 is 0 Å². The third kappa shape index (κ3) is 5.03. The first-order valence-electron chi connectivity index (χ1n) is 12.4. The van der Waals surface area contributed by atoms with Crippen molar-refractivity contribution in [2.24, 2.45) is 0 Å². The molecule has 2 atom stereocenters. The van der Waals surface area contributed by atoms with E-state index in [1.54, 1.807) is 7.11 Å². The molecule has 3 heterocycles. The molecule has 5 rings (SSSR count). The molecule has 3 aromatic rings. The Hall–Kier alpha value is -3.39. The maximum atomic E-state index is 13.1. The fraction of sp³-hybridized carbons (Fsp3) is 0.444. The highest BCUT2D eigenvalue weighted by atomic mass is 16.5. The molecule has 0 saturated carbocycles. The molecule has 2 aliphatic rings. The van der Waals surface area contributed by atoms with Gasteiger partial charge in [-0.3, -0.25) is 10.1 Å². The van der Waals surface area contributed by atoms with E-state index in [-0.39, 0.29) is 23.9 Å². The van der Waals surface area contributed by atoms with Gasteiger partial charge in [0.25, 0.3) is 0 Å². The summed E-state index contributed by atoms with van der Waals surface area (Å²) in [4.78, 5) is 19.8. The van der Waals surface area contributed by atoms with Crippen LogP contribution in [0.4, 0.5) is 0 Å². The van der Waals surface area contributed by atoms with Crippen LogP contribution in [0.15, 0.2) is 53.1 Å². The van der Waals surface area contributed by atoms with Crippen LogP contribution >= 0.6 is 0 Å². The Bertz CT molecular complexity index is 1140. The molecule has 1 amide bonds. The average Bonchev–Trinajstić information content (AvgIpc) is 3.60. The van der Waals surface area contributed by atoms with Crippen LogP contribution in [0.3, 0.4) is 0 Å². The Morgan fingerprint density at radius 3 is 2.63 bits per heavy atom. The number of aromatic nitrogens is 2. The number of ether oxygens (including phenoxy) is 2. The lowest BCUT2D eigenvalue weighted by atomic mass is 9.96. The van der Waals surface area contributed by atoms with Crippen molar-refractivity contribution >= 4 is 5.91 Å². The minimum Gasteiger partial charge on any atom is -0.493 e. The summed E-state index contributed by atoms with van der Waals surface area (Å²) in [5.41, 5.74) is 2.06. The van der Waals surface area contributed by atoms with Gasteiger partial charge in [0.05, 0.1) is 19.8 Å². The molecule has 2 aromatic carbocycles. The number of nitrogens with one attached hydrogen (secondary N) is 1. The number of nitrogens with zero attached hydrogens (tertiary/aromatic N) is 3. The van der Waals surface area contributed by atoms with E-state index in [0.29, 0.717) is 42.9 Å². The average molecular weight is 477 g/mol. The van der Waals surface area contributed by atoms with E-state index in [0.717, 1.165) is 31.2 Å². The van der Waals surface area contributed by atoms with Crippen molar-refractivity contribution in [3.63, 3.8) is 0 Å². The predicted molar refractivity (Wildman–Crippen MR) is 131 cm³/mol. The van der Waals surface area contributed by atoms with Crippen LogP contribution in [-0.4, -0.2) is 53.8 Å². The summed E-state index contributed by atoms with van der Waals surface area (Å²) in [6.07, 6.45) is 3.48. The van der Waals surface area contributed by atoms with Crippen LogP contribution in [0.1, 0.15) is 56.0 Å². The lowest BCUT2D eigenvalue weighted by Gasteiger charge is -2.32. The SMILES string of the molecule is CCOc1ccc(-c2noc(C3CCN(C(=O)C4CC[C@H](c5ccccc5)N4)CC3)n2)cc1OC. The Labute approximate surface area is 205 Å². The summed E-state index contributed by atoms with van der Waals surface area (Å²) in [6, 6.07) is 16.1. The number of carbonyl (C=O) groups excluding carboxylic acids is 1. The molecule has 2 fully saturated rings. The minimum atomic E-state index is -0.110. The number of methoxy groups -OCH3 is 1. The molecule has 1 unspecified atom stereocenters. The lowest BCUT2D eigenvalue weighted by Crippen LogP contribution is -2.47. The number of hydrogen-bond acceptors (Lipinski definition) is 7. The van der Waals surface area contributed by atoms with Gasteiger partial charge in [0.1, 0.15) is 0 Å². The summed E-state index contributed by atoms with van der Waals surface area (Å²) >= 11 is 0. The van der Waals surface area contributed by atoms with Crippen molar-refractivity contribution in [3.8, 4) is 22.9 Å². The van der Waals surface area contributed by atoms with Crippen LogP contribution in [0.2, 0.25) is 0 Å². The van der Waals surface area contributed by atoms with Gasteiger partial charge < -0.3 is 18.9 Å². The number of rotatable bonds is 7. The van der Waals surface area contributed by atoms with Gasteiger partial charge in [-0.15, -0.1) is 0 Å². The zero-order valence-electron chi connectivity index (χ0n) is 20.3. The highest BCUT2D eigenvalue weighted by molar-refractivity contribution is 5.82. The molecule has 0 radical (unpaired) electrons. The number of likely N-dealkylation sites (tertiary alicyclic amines) is 1. The summed E-state index contributed by atoms with van der Waals surface area (Å²) in [6.45, 7) is 3.90. The van der Waals surface area contributed by atoms with Crippen molar-refractivity contribution in [2.45, 2.75) is 50.6 Å². The molecule has 1 N–H and O–H groups in total. The fourth-order valence-electron chi connectivity index (χ4n) is 5.05. The van der Waals surface area contributed by atoms with E-state index >= 15 is 0 Å². The summed E-state index contributed by atoms with van der Waals surface area (Å²) < 4.78 is 16.6. The molecular formula is C27H32N4O4. The molecule has 8 heteroatoms. The Morgan fingerprint density at radius 2 is 1.89 bits per heavy atom. The Kier molecular flexibility index (Phi) is 6.99. The first-order chi connectivity index (χ1) is 17.2. The van der Waals surface area contributed by atoms with Crippen LogP contribution in [-0.2, 0) is 4.79 Å². The van der Waals surface area contributed by atoms with Gasteiger partial charge in [0.15, 0.2) is 11.5 Å². The van der Waals surface area contributed by atoms with Gasteiger partial charge in [-0.2, -0.15) is 4.98 Å². The normalized spacial score (nSPS) is 20.7. The van der Waals surface area contributed by atoms with Gasteiger partial charge in [-0.05, 0) is 56.4 Å². The second kappa shape index (κ2) is 10.5. The fourth-order valence-corrected chi connectivity index (χ4v) is 5.05. The number of amides is 1. The van der Waals surface area contributed by atoms with E-state index in [1.165, 1.54) is 5.56 Å². The van der Waals surface area contributed by atoms with Crippen LogP contribution in [0.25, 0.3) is 11.4 Å². The highest BCUT2D eigenvalue weighted by Crippen LogP contribution is 2.34. The molecule has 184 valence electrons. The van der Waals surface area contributed by atoms with Crippen molar-refractivity contribution in [1.82, 2.24) is 20.4 Å². The third-order valence-corrected chi connectivity index (χ3v) is 6.97. The zero-order valence-corrected chi connectivity index (χ0v) is 20.3. The molecule has 35 heavy (non-hydrogen) atoms. The second-order valence-corrected chi connectivity index (χ2v) is 9.11. The summed E-state index contributed by atoms with van der Waals surface area (Å²) in [5, 5.41) is 7.73. The molecule has 8 nitrogen and oxygen atoms in total. The molecule has 0 spiro atoms. The second-order valence-electron chi connectivity index (χ2n) is 9.11. The summed E-state index contributed by atoms with van der Waals surface area (Å²) in [5.74, 6) is 2.84. The van der Waals surface area contributed by atoms with Crippen LogP contribution in [0, 0.1) is 0 Å². The topological polar surface area (TPSA) is 89.7 Å². The Morgan fingerprint density at radius 1 is 1.09 bits per heavy atom. The highest BCUT2D eigenvalue weighted by Gasteiger charge is 2.35. The van der Waals surface area contributed by atoms with Crippen LogP contribution < -0.4 is 14.8 Å². The maximum absolute atomic E-state index is 13.1. The zero-order chi connectivity index (χ0) is 24.2. The molecule has 2 saturated heterocycles. The standard InChI is InChI=1S/C27H32N4O4/c1-3-34-23-12-9-20(17-24(23)33-2)25-29-26(35-30-25)19-13-15-31(16-14-19)27(32)22-11-10-21(28-22)18-7-5-4-6-8-18/h4-9,12,17,19,21-22,28H,3,10-11,13-16H2,1-2H3/t21-,22?/m1/s1. The van der Waals surface area contributed by atoms with Gasteiger partial charge in [0, 0.05) is 30.6 Å². The Balaban J connectivity index is 1.17. The molecule has 2 aliphatic heterocycles. The first kappa shape index (κ1) is 23.4. The number of benzene rings is 2. The molecule has 1 aromatic heterocycles. The van der Waals surface area contributed by atoms with Gasteiger partial charge in [0.2, 0.25) is 17.6 Å². The largest absolute Gasteiger partial charge is 0.493 e. The van der Waals surface area contributed by atoms with Crippen molar-refractivity contribution in [2.75, 3.05) is 26.8 Å². The minimum absolute atomic E-state index is 0.110. The lowest BCUT2D eigenvalue weighted by molar-refractivity contribution is -0.134.